The van der Waals surface area contributed by atoms with Gasteiger partial charge in [-0.25, -0.2) is 14.4 Å². The first-order valence-corrected chi connectivity index (χ1v) is 9.85. The summed E-state index contributed by atoms with van der Waals surface area (Å²) in [6, 6.07) is 12.6. The van der Waals surface area contributed by atoms with E-state index in [9.17, 15) is 22.4 Å². The van der Waals surface area contributed by atoms with E-state index in [-0.39, 0.29) is 11.2 Å². The Bertz CT molecular complexity index is 1270. The number of nitrogens with one attached hydrogen (secondary N) is 1. The zero-order chi connectivity index (χ0) is 22.2. The van der Waals surface area contributed by atoms with Gasteiger partial charge in [-0.2, -0.15) is 13.2 Å². The Morgan fingerprint density at radius 2 is 1.77 bits per heavy atom. The number of carbonyl (C=O) groups excluding carboxylic acids is 1. The Balaban J connectivity index is 2.02. The smallest absolute Gasteiger partial charge is 0.387 e. The fourth-order valence-corrected chi connectivity index (χ4v) is 3.75. The Morgan fingerprint density at radius 1 is 1.03 bits per heavy atom. The molecule has 0 amide bonds. The van der Waals surface area contributed by atoms with Gasteiger partial charge in [-0.15, -0.1) is 0 Å². The van der Waals surface area contributed by atoms with Crippen LogP contribution in [0.3, 0.4) is 0 Å². The zero-order valence-electron chi connectivity index (χ0n) is 15.9. The number of alkyl halides is 3. The van der Waals surface area contributed by atoms with Crippen molar-refractivity contribution in [2.45, 2.75) is 11.1 Å². The molecule has 4 rings (SSSR count). The second kappa shape index (κ2) is 8.03. The largest absolute Gasteiger partial charge is 0.433 e. The number of hydrogen-bond donors (Lipinski definition) is 1. The van der Waals surface area contributed by atoms with Crippen molar-refractivity contribution in [3.8, 4) is 17.1 Å². The van der Waals surface area contributed by atoms with E-state index in [0.717, 1.165) is 17.8 Å². The van der Waals surface area contributed by atoms with Crippen LogP contribution in [-0.2, 0) is 11.0 Å². The first-order chi connectivity index (χ1) is 14.8. The van der Waals surface area contributed by atoms with Gasteiger partial charge >= 0.3 is 6.18 Å². The summed E-state index contributed by atoms with van der Waals surface area (Å²) in [5.74, 6) is -0.159. The third kappa shape index (κ3) is 3.98. The second-order valence-corrected chi connectivity index (χ2v) is 7.33. The monoisotopic (exact) mass is 446 g/mol. The normalized spacial score (nSPS) is 11.6. The summed E-state index contributed by atoms with van der Waals surface area (Å²) >= 11 is 0.928. The lowest BCUT2D eigenvalue weighted by Gasteiger charge is -2.13. The van der Waals surface area contributed by atoms with Gasteiger partial charge in [0.05, 0.1) is 5.69 Å². The molecule has 4 aromatic rings. The Morgan fingerprint density at radius 3 is 2.42 bits per heavy atom. The summed E-state index contributed by atoms with van der Waals surface area (Å²) in [5, 5.41) is 2.96. The van der Waals surface area contributed by atoms with Crippen LogP contribution in [0.4, 0.5) is 23.2 Å². The molecule has 31 heavy (non-hydrogen) atoms. The van der Waals surface area contributed by atoms with Crippen molar-refractivity contribution in [3.05, 3.63) is 66.1 Å². The Kier molecular flexibility index (Phi) is 5.40. The van der Waals surface area contributed by atoms with Crippen molar-refractivity contribution in [2.24, 2.45) is 0 Å². The molecule has 0 unspecified atom stereocenters. The van der Waals surface area contributed by atoms with E-state index >= 15 is 0 Å². The van der Waals surface area contributed by atoms with Gasteiger partial charge in [0.25, 0.3) is 0 Å². The van der Waals surface area contributed by atoms with Gasteiger partial charge in [0.15, 0.2) is 11.3 Å². The number of halogens is 4. The van der Waals surface area contributed by atoms with Crippen LogP contribution in [0.25, 0.3) is 28.2 Å². The van der Waals surface area contributed by atoms with E-state index in [0.29, 0.717) is 33.3 Å². The minimum absolute atomic E-state index is 0.00610. The number of benzene rings is 2. The molecule has 0 aliphatic carbocycles. The van der Waals surface area contributed by atoms with Gasteiger partial charge in [0, 0.05) is 23.2 Å². The van der Waals surface area contributed by atoms with Crippen LogP contribution in [-0.4, -0.2) is 27.2 Å². The molecule has 0 saturated heterocycles. The Hall–Kier alpha value is -3.40. The maximum Gasteiger partial charge on any atom is 0.433 e. The lowest BCUT2D eigenvalue weighted by Crippen LogP contribution is -2.09. The second-order valence-electron chi connectivity index (χ2n) is 6.46. The highest BCUT2D eigenvalue weighted by Crippen LogP contribution is 2.34. The van der Waals surface area contributed by atoms with Gasteiger partial charge in [-0.3, -0.25) is 9.36 Å². The van der Waals surface area contributed by atoms with Crippen LogP contribution in [0, 0.1) is 5.82 Å². The first-order valence-electron chi connectivity index (χ1n) is 8.97. The molecular formula is C21H14F4N4OS. The van der Waals surface area contributed by atoms with Gasteiger partial charge in [-0.05, 0) is 54.6 Å². The molecule has 5 nitrogen and oxygen atoms in total. The van der Waals surface area contributed by atoms with Crippen LogP contribution in [0.2, 0.25) is 0 Å². The average molecular weight is 446 g/mol. The lowest BCUT2D eigenvalue weighted by molar-refractivity contribution is -0.141. The quantitative estimate of drug-likeness (QED) is 0.247. The van der Waals surface area contributed by atoms with Crippen molar-refractivity contribution in [3.63, 3.8) is 0 Å². The number of thioether (sulfide) groups is 1. The van der Waals surface area contributed by atoms with Gasteiger partial charge in [0.2, 0.25) is 0 Å². The fourth-order valence-electron chi connectivity index (χ4n) is 3.16. The van der Waals surface area contributed by atoms with Crippen molar-refractivity contribution in [1.82, 2.24) is 14.5 Å². The van der Waals surface area contributed by atoms with Crippen molar-refractivity contribution >= 4 is 34.2 Å². The molecule has 2 heterocycles. The summed E-state index contributed by atoms with van der Waals surface area (Å²) in [6.45, 7) is 0. The summed E-state index contributed by atoms with van der Waals surface area (Å²) in [4.78, 5) is 19.9. The maximum absolute atomic E-state index is 13.4. The molecule has 0 radical (unpaired) electrons. The van der Waals surface area contributed by atoms with Crippen LogP contribution in [0.1, 0.15) is 5.69 Å². The summed E-state index contributed by atoms with van der Waals surface area (Å²) in [5.41, 5.74) is 1.47. The molecule has 0 atom stereocenters. The topological polar surface area (TPSA) is 59.8 Å². The minimum atomic E-state index is -4.63. The van der Waals surface area contributed by atoms with Crippen molar-refractivity contribution < 1.29 is 22.4 Å². The maximum atomic E-state index is 13.4. The summed E-state index contributed by atoms with van der Waals surface area (Å²) in [7, 11) is 1.69. The van der Waals surface area contributed by atoms with Crippen molar-refractivity contribution in [1.29, 1.82) is 0 Å². The summed E-state index contributed by atoms with van der Waals surface area (Å²) in [6.07, 6.45) is -4.63. The number of hydrogen-bond acceptors (Lipinski definition) is 5. The molecule has 0 aliphatic rings. The number of pyridine rings is 1. The molecule has 2 aromatic heterocycles. The molecule has 158 valence electrons. The molecule has 1 N–H and O–H groups in total. The number of fused-ring (bicyclic) bond motifs is 1. The predicted molar refractivity (Wildman–Crippen MR) is 111 cm³/mol. The van der Waals surface area contributed by atoms with Crippen LogP contribution in [0.15, 0.2) is 59.5 Å². The SMILES string of the molecule is CNc1ccc(-n2c(-c3ccc(F)cc3)nc3ccc(C(F)(F)F)nc32)cc1SC=O. The van der Waals surface area contributed by atoms with Gasteiger partial charge in [0.1, 0.15) is 22.9 Å². The first kappa shape index (κ1) is 20.9. The summed E-state index contributed by atoms with van der Waals surface area (Å²) < 4.78 is 54.8. The highest BCUT2D eigenvalue weighted by atomic mass is 32.2. The van der Waals surface area contributed by atoms with Crippen molar-refractivity contribution in [2.75, 3.05) is 12.4 Å². The molecule has 0 aliphatic heterocycles. The molecule has 0 fully saturated rings. The van der Waals surface area contributed by atoms with E-state index < -0.39 is 17.7 Å². The molecular weight excluding hydrogens is 432 g/mol. The van der Waals surface area contributed by atoms with Crippen LogP contribution >= 0.6 is 11.8 Å². The molecule has 2 aromatic carbocycles. The van der Waals surface area contributed by atoms with E-state index in [1.165, 1.54) is 34.9 Å². The van der Waals surface area contributed by atoms with E-state index in [1.807, 2.05) is 0 Å². The number of imidazole rings is 1. The third-order valence-corrected chi connectivity index (χ3v) is 5.25. The number of rotatable bonds is 5. The predicted octanol–water partition coefficient (Wildman–Crippen LogP) is 5.57. The third-order valence-electron chi connectivity index (χ3n) is 4.57. The molecule has 10 heteroatoms. The molecule has 0 spiro atoms. The van der Waals surface area contributed by atoms with E-state index in [2.05, 4.69) is 15.3 Å². The standard InChI is InChI=1S/C21H14F4N4OS/c1-26-15-7-6-14(10-17(15)31-11-30)29-19(12-2-4-13(22)5-3-12)27-16-8-9-18(21(23,24)25)28-20(16)29/h2-11,26H,1H3. The van der Waals surface area contributed by atoms with Gasteiger partial charge in [-0.1, -0.05) is 11.8 Å². The molecule has 0 saturated carbocycles. The fraction of sp³-hybridized carbons (Fsp3) is 0.0952. The van der Waals surface area contributed by atoms with E-state index in [4.69, 9.17) is 0 Å². The number of anilines is 1. The highest BCUT2D eigenvalue weighted by Gasteiger charge is 2.33. The van der Waals surface area contributed by atoms with E-state index in [1.54, 1.807) is 25.2 Å². The number of nitrogens with zero attached hydrogens (tertiary/aromatic N) is 3. The van der Waals surface area contributed by atoms with Crippen LogP contribution < -0.4 is 5.32 Å². The number of carbonyl (C=O) groups is 1. The molecule has 0 bridgehead atoms. The number of aromatic nitrogens is 3. The lowest BCUT2D eigenvalue weighted by atomic mass is 10.2. The Labute approximate surface area is 178 Å². The van der Waals surface area contributed by atoms with Crippen LogP contribution in [0.5, 0.6) is 0 Å². The minimum Gasteiger partial charge on any atom is -0.387 e. The highest BCUT2D eigenvalue weighted by molar-refractivity contribution is 8.12. The average Bonchev–Trinajstić information content (AvgIpc) is 3.12. The van der Waals surface area contributed by atoms with Gasteiger partial charge < -0.3 is 5.32 Å². The zero-order valence-corrected chi connectivity index (χ0v) is 16.8.